The summed E-state index contributed by atoms with van der Waals surface area (Å²) in [5.41, 5.74) is 0.476. The van der Waals surface area contributed by atoms with Crippen LogP contribution in [-0.4, -0.2) is 42.2 Å². The van der Waals surface area contributed by atoms with E-state index in [1.54, 1.807) is 32.9 Å². The molecule has 0 bridgehead atoms. The van der Waals surface area contributed by atoms with Gasteiger partial charge >= 0.3 is 5.97 Å². The molecule has 0 N–H and O–H groups in total. The van der Waals surface area contributed by atoms with Crippen LogP contribution < -0.4 is 0 Å². The molecule has 7 heteroatoms. The van der Waals surface area contributed by atoms with Gasteiger partial charge in [0.05, 0.1) is 12.3 Å². The van der Waals surface area contributed by atoms with Crippen LogP contribution >= 0.6 is 0 Å². The minimum absolute atomic E-state index is 0.0380. The van der Waals surface area contributed by atoms with Gasteiger partial charge in [-0.25, -0.2) is 0 Å². The van der Waals surface area contributed by atoms with E-state index in [0.717, 1.165) is 5.56 Å². The molecular formula is C23H27NO6. The van der Waals surface area contributed by atoms with Crippen LogP contribution in [0.4, 0.5) is 0 Å². The minimum atomic E-state index is -1.73. The molecule has 1 aromatic carbocycles. The van der Waals surface area contributed by atoms with Crippen molar-refractivity contribution in [2.75, 3.05) is 13.2 Å². The second kappa shape index (κ2) is 8.50. The summed E-state index contributed by atoms with van der Waals surface area (Å²) in [6.45, 7) is 7.39. The number of ether oxygens (including phenoxy) is 1. The van der Waals surface area contributed by atoms with Crippen molar-refractivity contribution in [2.24, 2.45) is 16.5 Å². The fourth-order valence-corrected chi connectivity index (χ4v) is 4.60. The molecule has 30 heavy (non-hydrogen) atoms. The molecule has 0 amide bonds. The zero-order valence-corrected chi connectivity index (χ0v) is 17.8. The lowest BCUT2D eigenvalue weighted by molar-refractivity contribution is -0.166. The molecule has 1 fully saturated rings. The van der Waals surface area contributed by atoms with E-state index in [1.807, 2.05) is 13.0 Å². The first-order chi connectivity index (χ1) is 14.3. The largest absolute Gasteiger partial charge is 0.465 e. The average molecular weight is 413 g/mol. The Bertz CT molecular complexity index is 934. The first-order valence-electron chi connectivity index (χ1n) is 10.4. The van der Waals surface area contributed by atoms with Crippen molar-refractivity contribution in [3.8, 4) is 0 Å². The summed E-state index contributed by atoms with van der Waals surface area (Å²) in [7, 11) is 0. The second-order valence-electron chi connectivity index (χ2n) is 7.76. The van der Waals surface area contributed by atoms with Gasteiger partial charge in [0.25, 0.3) is 0 Å². The molecule has 1 aromatic rings. The number of rotatable bonds is 6. The Morgan fingerprint density at radius 1 is 1.17 bits per heavy atom. The minimum Gasteiger partial charge on any atom is -0.465 e. The van der Waals surface area contributed by atoms with Gasteiger partial charge in [-0.05, 0) is 38.8 Å². The van der Waals surface area contributed by atoms with Gasteiger partial charge in [-0.2, -0.15) is 0 Å². The number of oxime groups is 1. The quantitative estimate of drug-likeness (QED) is 0.307. The number of carbonyl (C=O) groups excluding carboxylic acids is 4. The highest BCUT2D eigenvalue weighted by molar-refractivity contribution is 6.29. The Hall–Kier alpha value is -2.83. The molecule has 0 aromatic heterocycles. The van der Waals surface area contributed by atoms with Crippen LogP contribution in [0.2, 0.25) is 0 Å². The molecule has 0 heterocycles. The Morgan fingerprint density at radius 2 is 1.90 bits per heavy atom. The van der Waals surface area contributed by atoms with Crippen molar-refractivity contribution in [3.05, 3.63) is 34.9 Å². The fourth-order valence-electron chi connectivity index (χ4n) is 4.60. The standard InChI is InChI=1S/C23H27NO6/c1-5-17(24-30-7-3)20-18(25)11-16-14-9-8-13(4)10-15(14)19(26)12-23(16,21(20)27)22(28)29-6-2/h8-10,16,20H,5-7,11-12H2,1-4H3. The van der Waals surface area contributed by atoms with Crippen molar-refractivity contribution in [3.63, 3.8) is 0 Å². The van der Waals surface area contributed by atoms with Gasteiger partial charge in [-0.15, -0.1) is 0 Å². The van der Waals surface area contributed by atoms with E-state index < -0.39 is 29.0 Å². The van der Waals surface area contributed by atoms with E-state index >= 15 is 0 Å². The summed E-state index contributed by atoms with van der Waals surface area (Å²) in [6.07, 6.45) is -0.0274. The number of hydrogen-bond donors (Lipinski definition) is 0. The third kappa shape index (κ3) is 3.36. The highest BCUT2D eigenvalue weighted by Crippen LogP contribution is 2.53. The molecule has 3 rings (SSSR count). The molecule has 3 unspecified atom stereocenters. The Balaban J connectivity index is 2.19. The zero-order chi connectivity index (χ0) is 22.1. The normalized spacial score (nSPS) is 26.1. The lowest BCUT2D eigenvalue weighted by Gasteiger charge is -2.45. The number of Topliss-reactive ketones (excluding diaryl/α,β-unsaturated/α-hetero) is 3. The van der Waals surface area contributed by atoms with Crippen LogP contribution in [0.5, 0.6) is 0 Å². The van der Waals surface area contributed by atoms with Gasteiger partial charge in [0.1, 0.15) is 23.7 Å². The average Bonchev–Trinajstić information content (AvgIpc) is 2.71. The highest BCUT2D eigenvalue weighted by atomic mass is 16.6. The summed E-state index contributed by atoms with van der Waals surface area (Å²) in [4.78, 5) is 58.2. The van der Waals surface area contributed by atoms with Gasteiger partial charge < -0.3 is 9.57 Å². The number of esters is 1. The first-order valence-corrected chi connectivity index (χ1v) is 10.4. The van der Waals surface area contributed by atoms with E-state index in [4.69, 9.17) is 9.57 Å². The maximum atomic E-state index is 13.8. The predicted molar refractivity (Wildman–Crippen MR) is 109 cm³/mol. The number of nitrogens with zero attached hydrogens (tertiary/aromatic N) is 1. The number of ketones is 3. The van der Waals surface area contributed by atoms with Crippen LogP contribution in [0.15, 0.2) is 23.4 Å². The van der Waals surface area contributed by atoms with Gasteiger partial charge in [-0.3, -0.25) is 19.2 Å². The van der Waals surface area contributed by atoms with E-state index in [9.17, 15) is 19.2 Å². The van der Waals surface area contributed by atoms with Crippen LogP contribution in [0, 0.1) is 18.3 Å². The molecule has 3 atom stereocenters. The molecular weight excluding hydrogens is 386 g/mol. The summed E-state index contributed by atoms with van der Waals surface area (Å²) < 4.78 is 5.28. The number of benzene rings is 1. The summed E-state index contributed by atoms with van der Waals surface area (Å²) >= 11 is 0. The molecule has 0 spiro atoms. The Morgan fingerprint density at radius 3 is 2.53 bits per heavy atom. The molecule has 0 radical (unpaired) electrons. The topological polar surface area (TPSA) is 99.1 Å². The van der Waals surface area contributed by atoms with Crippen LogP contribution in [0.3, 0.4) is 0 Å². The molecule has 1 saturated carbocycles. The highest BCUT2D eigenvalue weighted by Gasteiger charge is 2.64. The Labute approximate surface area is 175 Å². The molecule has 160 valence electrons. The van der Waals surface area contributed by atoms with E-state index in [0.29, 0.717) is 17.5 Å². The summed E-state index contributed by atoms with van der Waals surface area (Å²) in [6, 6.07) is 5.32. The zero-order valence-electron chi connectivity index (χ0n) is 17.8. The third-order valence-electron chi connectivity index (χ3n) is 5.99. The van der Waals surface area contributed by atoms with Crippen molar-refractivity contribution in [1.29, 1.82) is 0 Å². The van der Waals surface area contributed by atoms with Gasteiger partial charge in [0, 0.05) is 24.3 Å². The van der Waals surface area contributed by atoms with E-state index in [2.05, 4.69) is 5.16 Å². The molecule has 0 saturated heterocycles. The van der Waals surface area contributed by atoms with Crippen LogP contribution in [-0.2, 0) is 24.0 Å². The molecule has 0 aliphatic heterocycles. The van der Waals surface area contributed by atoms with Crippen molar-refractivity contribution < 1.29 is 28.8 Å². The maximum absolute atomic E-state index is 13.8. The number of hydrogen-bond acceptors (Lipinski definition) is 7. The molecule has 7 nitrogen and oxygen atoms in total. The predicted octanol–water partition coefficient (Wildman–Crippen LogP) is 3.18. The van der Waals surface area contributed by atoms with Crippen LogP contribution in [0.25, 0.3) is 0 Å². The van der Waals surface area contributed by atoms with Gasteiger partial charge in [0.15, 0.2) is 11.6 Å². The number of carbonyl (C=O) groups is 4. The summed E-state index contributed by atoms with van der Waals surface area (Å²) in [5.74, 6) is -3.90. The van der Waals surface area contributed by atoms with E-state index in [1.165, 1.54) is 0 Å². The number of aryl methyl sites for hydroxylation is 1. The summed E-state index contributed by atoms with van der Waals surface area (Å²) in [5, 5.41) is 3.97. The smallest absolute Gasteiger partial charge is 0.320 e. The molecule has 2 aliphatic carbocycles. The fraction of sp³-hybridized carbons (Fsp3) is 0.522. The second-order valence-corrected chi connectivity index (χ2v) is 7.76. The van der Waals surface area contributed by atoms with Gasteiger partial charge in [0.2, 0.25) is 0 Å². The maximum Gasteiger partial charge on any atom is 0.320 e. The van der Waals surface area contributed by atoms with Gasteiger partial charge in [-0.1, -0.05) is 29.8 Å². The Kier molecular flexibility index (Phi) is 6.19. The first kappa shape index (κ1) is 21.9. The molecule has 2 aliphatic rings. The van der Waals surface area contributed by atoms with Crippen molar-refractivity contribution >= 4 is 29.0 Å². The van der Waals surface area contributed by atoms with E-state index in [-0.39, 0.29) is 43.3 Å². The monoisotopic (exact) mass is 413 g/mol. The van der Waals surface area contributed by atoms with Crippen molar-refractivity contribution in [2.45, 2.75) is 52.9 Å². The lowest BCUT2D eigenvalue weighted by Crippen LogP contribution is -2.58. The number of fused-ring (bicyclic) bond motifs is 3. The lowest BCUT2D eigenvalue weighted by atomic mass is 9.53. The van der Waals surface area contributed by atoms with Crippen LogP contribution in [0.1, 0.15) is 67.4 Å². The SMILES string of the molecule is CCON=C(CC)C1C(=O)CC2c3ccc(C)cc3C(=O)CC2(C(=O)OCC)C1=O. The van der Waals surface area contributed by atoms with Crippen molar-refractivity contribution in [1.82, 2.24) is 0 Å². The third-order valence-corrected chi connectivity index (χ3v) is 5.99.